The van der Waals surface area contributed by atoms with Gasteiger partial charge in [-0.3, -0.25) is 19.1 Å². The number of amides is 3. The van der Waals surface area contributed by atoms with E-state index in [1.165, 1.54) is 4.90 Å². The molecule has 0 bridgehead atoms. The molecule has 2 aliphatic heterocycles. The van der Waals surface area contributed by atoms with Crippen molar-refractivity contribution >= 4 is 38.8 Å². The number of ether oxygens (including phenoxy) is 1. The van der Waals surface area contributed by atoms with Crippen LogP contribution in [0.15, 0.2) is 71.2 Å². The molecule has 1 aromatic heterocycles. The highest BCUT2D eigenvalue weighted by molar-refractivity contribution is 7.91. The summed E-state index contributed by atoms with van der Waals surface area (Å²) in [6, 6.07) is 15.6. The zero-order valence-corrected chi connectivity index (χ0v) is 27.5. The van der Waals surface area contributed by atoms with E-state index in [9.17, 15) is 22.8 Å². The number of hydrogen-bond acceptors (Lipinski definition) is 9. The van der Waals surface area contributed by atoms with Crippen LogP contribution in [0.5, 0.6) is 6.08 Å². The molecule has 0 spiro atoms. The van der Waals surface area contributed by atoms with Gasteiger partial charge in [0.1, 0.15) is 23.2 Å². The Labute approximate surface area is 279 Å². The quantitative estimate of drug-likeness (QED) is 0.305. The van der Waals surface area contributed by atoms with Gasteiger partial charge in [0.05, 0.1) is 17.8 Å². The van der Waals surface area contributed by atoms with Gasteiger partial charge in [-0.15, -0.1) is 0 Å². The number of benzene rings is 2. The van der Waals surface area contributed by atoms with Crippen LogP contribution < -0.4 is 20.1 Å². The van der Waals surface area contributed by atoms with Gasteiger partial charge in [0, 0.05) is 18.9 Å². The van der Waals surface area contributed by atoms with Gasteiger partial charge in [0.15, 0.2) is 5.58 Å². The summed E-state index contributed by atoms with van der Waals surface area (Å²) in [6.07, 6.45) is 8.75. The molecule has 1 saturated heterocycles. The highest BCUT2D eigenvalue weighted by atomic mass is 32.2. The Bertz CT molecular complexity index is 1770. The largest absolute Gasteiger partial charge is 0.445 e. The summed E-state index contributed by atoms with van der Waals surface area (Å²) >= 11 is 0. The number of carbonyl (C=O) groups excluding carboxylic acids is 3. The minimum atomic E-state index is -3.83. The average molecular weight is 676 g/mol. The van der Waals surface area contributed by atoms with Crippen LogP contribution in [0.25, 0.3) is 11.1 Å². The lowest BCUT2D eigenvalue weighted by Gasteiger charge is -2.30. The second-order valence-corrected chi connectivity index (χ2v) is 15.3. The van der Waals surface area contributed by atoms with Gasteiger partial charge in [-0.2, -0.15) is 4.98 Å². The molecule has 5 atom stereocenters. The number of allylic oxidation sites excluding steroid dienone is 1. The van der Waals surface area contributed by atoms with E-state index in [0.717, 1.165) is 31.2 Å². The van der Waals surface area contributed by atoms with Gasteiger partial charge < -0.3 is 24.7 Å². The number of sulfonamides is 1. The molecule has 7 rings (SSSR count). The molecule has 0 unspecified atom stereocenters. The van der Waals surface area contributed by atoms with Crippen molar-refractivity contribution in [3.63, 3.8) is 0 Å². The van der Waals surface area contributed by atoms with Crippen molar-refractivity contribution in [2.24, 2.45) is 5.92 Å². The molecule has 12 nitrogen and oxygen atoms in total. The van der Waals surface area contributed by atoms with Crippen molar-refractivity contribution in [2.45, 2.75) is 93.3 Å². The van der Waals surface area contributed by atoms with Crippen LogP contribution in [0, 0.1) is 5.92 Å². The molecule has 254 valence electrons. The first-order valence-electron chi connectivity index (χ1n) is 16.9. The number of hydrogen-bond donors (Lipinski definition) is 3. The van der Waals surface area contributed by atoms with E-state index in [1.807, 2.05) is 54.6 Å². The topological polar surface area (TPSA) is 160 Å². The maximum absolute atomic E-state index is 14.4. The number of nitrogens with one attached hydrogen (secondary N) is 3. The van der Waals surface area contributed by atoms with Crippen molar-refractivity contribution in [2.75, 3.05) is 6.54 Å². The van der Waals surface area contributed by atoms with Gasteiger partial charge >= 0.3 is 6.08 Å². The fraction of sp³-hybridized carbons (Fsp3) is 0.486. The van der Waals surface area contributed by atoms with E-state index in [-0.39, 0.29) is 37.3 Å². The van der Waals surface area contributed by atoms with Gasteiger partial charge in [-0.05, 0) is 56.2 Å². The number of oxazole rings is 1. The Balaban J connectivity index is 1.16. The summed E-state index contributed by atoms with van der Waals surface area (Å²) in [4.78, 5) is 48.1. The van der Waals surface area contributed by atoms with Gasteiger partial charge in [0.2, 0.25) is 21.8 Å². The van der Waals surface area contributed by atoms with Crippen LogP contribution in [0.4, 0.5) is 0 Å². The predicted molar refractivity (Wildman–Crippen MR) is 177 cm³/mol. The first-order chi connectivity index (χ1) is 23.2. The average Bonchev–Trinajstić information content (AvgIpc) is 3.97. The first kappa shape index (κ1) is 32.3. The molecule has 0 radical (unpaired) electrons. The number of fused-ring (bicyclic) bond motifs is 3. The SMILES string of the molecule is O=C1N[C@]2(C(=O)NS(=O)(=O)C3CC3)C[C@H]2/C=C\CCCCC[C@H](NCc2ccccc2)C(=O)N2C[C@H](Oc3nc4ccccc4o3)C[C@@H]12. The molecule has 2 aromatic carbocycles. The van der Waals surface area contributed by atoms with Crippen molar-refractivity contribution in [1.82, 2.24) is 25.2 Å². The molecule has 3 N–H and O–H groups in total. The maximum atomic E-state index is 14.4. The Morgan fingerprint density at radius 3 is 2.62 bits per heavy atom. The Morgan fingerprint density at radius 2 is 1.83 bits per heavy atom. The third-order valence-corrected chi connectivity index (χ3v) is 11.6. The molecule has 3 heterocycles. The van der Waals surface area contributed by atoms with Crippen molar-refractivity contribution in [3.05, 3.63) is 72.3 Å². The molecule has 48 heavy (non-hydrogen) atoms. The molecule has 2 saturated carbocycles. The fourth-order valence-electron chi connectivity index (χ4n) is 6.78. The van der Waals surface area contributed by atoms with Crippen molar-refractivity contribution in [1.29, 1.82) is 0 Å². The lowest BCUT2D eigenvalue weighted by atomic mass is 10.0. The second kappa shape index (κ2) is 13.3. The van der Waals surface area contributed by atoms with E-state index in [1.54, 1.807) is 12.1 Å². The number of para-hydroxylation sites is 2. The highest BCUT2D eigenvalue weighted by Gasteiger charge is 2.62. The lowest BCUT2D eigenvalue weighted by Crippen LogP contribution is -2.58. The van der Waals surface area contributed by atoms with Gasteiger partial charge in [-0.25, -0.2) is 8.42 Å². The molecule has 2 aliphatic carbocycles. The molecule has 3 amide bonds. The third-order valence-electron chi connectivity index (χ3n) is 9.78. The maximum Gasteiger partial charge on any atom is 0.394 e. The lowest BCUT2D eigenvalue weighted by molar-refractivity contribution is -0.141. The minimum Gasteiger partial charge on any atom is -0.445 e. The van der Waals surface area contributed by atoms with Gasteiger partial charge in [-0.1, -0.05) is 67.5 Å². The minimum absolute atomic E-state index is 0.0454. The van der Waals surface area contributed by atoms with Crippen molar-refractivity contribution < 1.29 is 32.0 Å². The molecular formula is C35H41N5O7S. The first-order valence-corrected chi connectivity index (χ1v) is 18.4. The monoisotopic (exact) mass is 675 g/mol. The molecule has 3 fully saturated rings. The Hall–Kier alpha value is -4.23. The van der Waals surface area contributed by atoms with Crippen molar-refractivity contribution in [3.8, 4) is 6.08 Å². The van der Waals surface area contributed by atoms with Crippen LogP contribution in [0.2, 0.25) is 0 Å². The highest BCUT2D eigenvalue weighted by Crippen LogP contribution is 2.46. The molecule has 13 heteroatoms. The molecule has 4 aliphatic rings. The summed E-state index contributed by atoms with van der Waals surface area (Å²) in [5.74, 6) is -1.86. The van der Waals surface area contributed by atoms with Gasteiger partial charge in [0.25, 0.3) is 5.91 Å². The summed E-state index contributed by atoms with van der Waals surface area (Å²) < 4.78 is 39.6. The van der Waals surface area contributed by atoms with E-state index in [2.05, 4.69) is 20.3 Å². The van der Waals surface area contributed by atoms with Crippen LogP contribution in [-0.4, -0.2) is 71.5 Å². The zero-order chi connectivity index (χ0) is 33.3. The molecular weight excluding hydrogens is 634 g/mol. The molecule has 3 aromatic rings. The second-order valence-electron chi connectivity index (χ2n) is 13.4. The zero-order valence-electron chi connectivity index (χ0n) is 26.7. The fourth-order valence-corrected chi connectivity index (χ4v) is 8.15. The number of aromatic nitrogens is 1. The van der Waals surface area contributed by atoms with Crippen LogP contribution in [0.1, 0.15) is 63.4 Å². The standard InChI is InChI=1S/C35H41N5O7S/c41-31-29-19-25(46-34-37-27-14-9-10-16-30(27)47-34)22-40(29)32(42)28(36-21-23-11-5-4-6-12-23)15-8-3-1-2-7-13-24-20-35(24,38-31)33(43)39-48(44,45)26-17-18-26/h4-7,9-14,16,24-26,28-29,36H,1-3,8,15,17-22H2,(H,38,41)(H,39,43)/b13-7-/t24-,25-,28+,29+,35-/m1/s1. The summed E-state index contributed by atoms with van der Waals surface area (Å²) in [7, 11) is -3.83. The number of rotatable bonds is 8. The normalized spacial score (nSPS) is 28.8. The summed E-state index contributed by atoms with van der Waals surface area (Å²) in [5, 5.41) is 5.76. The summed E-state index contributed by atoms with van der Waals surface area (Å²) in [6.45, 7) is 0.589. The summed E-state index contributed by atoms with van der Waals surface area (Å²) in [5.41, 5.74) is 0.796. The Morgan fingerprint density at radius 1 is 1.04 bits per heavy atom. The number of nitrogens with zero attached hydrogens (tertiary/aromatic N) is 2. The van der Waals surface area contributed by atoms with E-state index in [0.29, 0.717) is 36.9 Å². The van der Waals surface area contributed by atoms with Crippen LogP contribution in [0.3, 0.4) is 0 Å². The predicted octanol–water partition coefficient (Wildman–Crippen LogP) is 3.34. The number of carbonyl (C=O) groups is 3. The van der Waals surface area contributed by atoms with Crippen LogP contribution >= 0.6 is 0 Å². The van der Waals surface area contributed by atoms with Crippen LogP contribution in [-0.2, 0) is 31.0 Å². The van der Waals surface area contributed by atoms with E-state index < -0.39 is 50.8 Å². The Kier molecular flexibility index (Phi) is 8.99. The smallest absolute Gasteiger partial charge is 0.394 e. The van der Waals surface area contributed by atoms with E-state index in [4.69, 9.17) is 9.15 Å². The third kappa shape index (κ3) is 6.98. The van der Waals surface area contributed by atoms with E-state index >= 15 is 0 Å².